The van der Waals surface area contributed by atoms with E-state index in [4.69, 9.17) is 0 Å². The molecule has 0 aliphatic rings. The minimum atomic E-state index is 0.493. The van der Waals surface area contributed by atoms with Crippen LogP contribution in [0.2, 0.25) is 0 Å². The predicted octanol–water partition coefficient (Wildman–Crippen LogP) is 1.86. The number of nitrogens with zero attached hydrogens (tertiary/aromatic N) is 1. The van der Waals surface area contributed by atoms with Gasteiger partial charge in [0.25, 0.3) is 0 Å². The molecule has 0 bridgehead atoms. The summed E-state index contributed by atoms with van der Waals surface area (Å²) in [5.41, 5.74) is 0. The summed E-state index contributed by atoms with van der Waals surface area (Å²) in [4.78, 5) is 4.49. The summed E-state index contributed by atoms with van der Waals surface area (Å²) in [5, 5.41) is 2.83. The topological polar surface area (TPSA) is 21.6 Å². The molecule has 1 aromatic rings. The zero-order valence-corrected chi connectivity index (χ0v) is 5.12. The minimum absolute atomic E-state index is 0.493. The van der Waals surface area contributed by atoms with Gasteiger partial charge in [0, 0.05) is 0 Å². The summed E-state index contributed by atoms with van der Waals surface area (Å²) < 4.78 is 11.1. The summed E-state index contributed by atoms with van der Waals surface area (Å²) in [6.45, 7) is 1.02. The number of para-hydroxylation sites is 1. The molecule has 1 aromatic carbocycles. The molecule has 0 fully saturated rings. The SMILES string of the molecule is F/[C]=N\Oc1ccccc1. The average molecular weight is 138 g/mol. The van der Waals surface area contributed by atoms with Crippen LogP contribution >= 0.6 is 0 Å². The second kappa shape index (κ2) is 3.61. The third kappa shape index (κ3) is 1.85. The van der Waals surface area contributed by atoms with Crippen LogP contribution in [0.15, 0.2) is 35.5 Å². The standard InChI is InChI=1S/C7H5FNO/c8-6-9-10-7-4-2-1-3-5-7/h1-5H. The predicted molar refractivity (Wildman–Crippen MR) is 35.6 cm³/mol. The molecule has 0 aromatic heterocycles. The molecule has 3 heteroatoms. The normalized spacial score (nSPS) is 10.1. The Morgan fingerprint density at radius 2 is 2.00 bits per heavy atom. The van der Waals surface area contributed by atoms with E-state index in [9.17, 15) is 4.39 Å². The van der Waals surface area contributed by atoms with Crippen LogP contribution in [0.5, 0.6) is 5.75 Å². The molecule has 0 saturated carbocycles. The van der Waals surface area contributed by atoms with Crippen LogP contribution < -0.4 is 4.84 Å². The summed E-state index contributed by atoms with van der Waals surface area (Å²) in [6.07, 6.45) is 0. The van der Waals surface area contributed by atoms with Crippen molar-refractivity contribution < 1.29 is 9.23 Å². The van der Waals surface area contributed by atoms with Gasteiger partial charge in [0.2, 0.25) is 0 Å². The number of hydrogen-bond acceptors (Lipinski definition) is 2. The molecule has 0 heterocycles. The third-order valence-corrected chi connectivity index (χ3v) is 0.929. The molecular formula is C7H5FNO. The summed E-state index contributed by atoms with van der Waals surface area (Å²) in [6, 6.07) is 8.70. The van der Waals surface area contributed by atoms with Gasteiger partial charge in [-0.05, 0) is 17.3 Å². The van der Waals surface area contributed by atoms with Crippen LogP contribution in [0.3, 0.4) is 0 Å². The van der Waals surface area contributed by atoms with E-state index in [1.807, 2.05) is 6.07 Å². The Balaban J connectivity index is 2.59. The fourth-order valence-electron chi connectivity index (χ4n) is 0.551. The van der Waals surface area contributed by atoms with Crippen molar-refractivity contribution in [3.05, 3.63) is 30.3 Å². The number of halogens is 1. The van der Waals surface area contributed by atoms with Gasteiger partial charge in [-0.25, -0.2) is 0 Å². The van der Waals surface area contributed by atoms with Gasteiger partial charge in [0.1, 0.15) is 0 Å². The minimum Gasteiger partial charge on any atom is -0.354 e. The highest BCUT2D eigenvalue weighted by Gasteiger charge is 1.85. The van der Waals surface area contributed by atoms with Gasteiger partial charge in [0.15, 0.2) is 5.75 Å². The number of hydrogen-bond donors (Lipinski definition) is 0. The van der Waals surface area contributed by atoms with Gasteiger partial charge >= 0.3 is 6.47 Å². The van der Waals surface area contributed by atoms with Gasteiger partial charge < -0.3 is 4.84 Å². The van der Waals surface area contributed by atoms with Crippen molar-refractivity contribution in [2.75, 3.05) is 0 Å². The van der Waals surface area contributed by atoms with E-state index in [2.05, 4.69) is 9.99 Å². The van der Waals surface area contributed by atoms with E-state index in [1.54, 1.807) is 24.3 Å². The van der Waals surface area contributed by atoms with Crippen molar-refractivity contribution in [2.45, 2.75) is 0 Å². The van der Waals surface area contributed by atoms with Gasteiger partial charge in [-0.15, -0.1) is 0 Å². The first-order chi connectivity index (χ1) is 4.93. The monoisotopic (exact) mass is 138 g/mol. The molecule has 10 heavy (non-hydrogen) atoms. The Kier molecular flexibility index (Phi) is 2.43. The lowest BCUT2D eigenvalue weighted by Crippen LogP contribution is -1.79. The highest BCUT2D eigenvalue weighted by Crippen LogP contribution is 2.07. The fraction of sp³-hybridized carbons (Fsp3) is 0. The maximum absolute atomic E-state index is 11.1. The number of benzene rings is 1. The van der Waals surface area contributed by atoms with Crippen LogP contribution in [0.4, 0.5) is 4.39 Å². The Morgan fingerprint density at radius 1 is 1.30 bits per heavy atom. The first kappa shape index (κ1) is 6.74. The zero-order valence-electron chi connectivity index (χ0n) is 5.12. The summed E-state index contributed by atoms with van der Waals surface area (Å²) in [7, 11) is 0. The first-order valence-electron chi connectivity index (χ1n) is 2.71. The van der Waals surface area contributed by atoms with Crippen molar-refractivity contribution in [1.82, 2.24) is 0 Å². The summed E-state index contributed by atoms with van der Waals surface area (Å²) in [5.74, 6) is 0.493. The second-order valence-electron chi connectivity index (χ2n) is 1.58. The Morgan fingerprint density at radius 3 is 2.60 bits per heavy atom. The van der Waals surface area contributed by atoms with Crippen LogP contribution in [0.1, 0.15) is 0 Å². The average Bonchev–Trinajstić information content (AvgIpc) is 2.03. The zero-order chi connectivity index (χ0) is 7.23. The highest BCUT2D eigenvalue weighted by molar-refractivity contribution is 5.43. The van der Waals surface area contributed by atoms with Gasteiger partial charge in [-0.2, -0.15) is 4.39 Å². The number of rotatable bonds is 2. The van der Waals surface area contributed by atoms with Crippen LogP contribution in [-0.2, 0) is 0 Å². The van der Waals surface area contributed by atoms with Crippen molar-refractivity contribution in [3.63, 3.8) is 0 Å². The second-order valence-corrected chi connectivity index (χ2v) is 1.58. The molecule has 0 spiro atoms. The lowest BCUT2D eigenvalue weighted by atomic mass is 10.3. The molecule has 0 saturated heterocycles. The van der Waals surface area contributed by atoms with E-state index in [-0.39, 0.29) is 0 Å². The molecule has 0 atom stereocenters. The van der Waals surface area contributed by atoms with Crippen LogP contribution in [0.25, 0.3) is 0 Å². The first-order valence-corrected chi connectivity index (χ1v) is 2.71. The van der Waals surface area contributed by atoms with Crippen molar-refractivity contribution >= 4 is 6.47 Å². The molecule has 2 nitrogen and oxygen atoms in total. The molecule has 1 radical (unpaired) electrons. The molecule has 1 rings (SSSR count). The quantitative estimate of drug-likeness (QED) is 0.451. The molecule has 0 amide bonds. The lowest BCUT2D eigenvalue weighted by molar-refractivity contribution is 0.338. The maximum Gasteiger partial charge on any atom is 0.308 e. The fourth-order valence-corrected chi connectivity index (χ4v) is 0.551. The van der Waals surface area contributed by atoms with E-state index in [0.717, 1.165) is 6.47 Å². The highest BCUT2D eigenvalue weighted by atomic mass is 19.1. The van der Waals surface area contributed by atoms with Crippen molar-refractivity contribution in [1.29, 1.82) is 0 Å². The Bertz CT molecular complexity index is 210. The Labute approximate surface area is 57.9 Å². The molecule has 0 N–H and O–H groups in total. The molecular weight excluding hydrogens is 133 g/mol. The van der Waals surface area contributed by atoms with E-state index < -0.39 is 0 Å². The van der Waals surface area contributed by atoms with Gasteiger partial charge in [-0.3, -0.25) is 0 Å². The molecule has 51 valence electrons. The van der Waals surface area contributed by atoms with Crippen LogP contribution in [0, 0.1) is 0 Å². The molecule has 0 aliphatic carbocycles. The van der Waals surface area contributed by atoms with E-state index in [0.29, 0.717) is 5.75 Å². The van der Waals surface area contributed by atoms with Crippen LogP contribution in [-0.4, -0.2) is 6.47 Å². The van der Waals surface area contributed by atoms with Crippen molar-refractivity contribution in [2.24, 2.45) is 5.16 Å². The van der Waals surface area contributed by atoms with E-state index in [1.165, 1.54) is 0 Å². The van der Waals surface area contributed by atoms with Gasteiger partial charge in [0.05, 0.1) is 0 Å². The smallest absolute Gasteiger partial charge is 0.308 e. The largest absolute Gasteiger partial charge is 0.354 e. The maximum atomic E-state index is 11.1. The van der Waals surface area contributed by atoms with E-state index >= 15 is 0 Å². The molecule has 0 unspecified atom stereocenters. The van der Waals surface area contributed by atoms with Gasteiger partial charge in [-0.1, -0.05) is 18.2 Å². The summed E-state index contributed by atoms with van der Waals surface area (Å²) >= 11 is 0. The third-order valence-electron chi connectivity index (χ3n) is 0.929. The van der Waals surface area contributed by atoms with Crippen molar-refractivity contribution in [3.8, 4) is 5.75 Å². The Hall–Kier alpha value is -1.38. The lowest BCUT2D eigenvalue weighted by Gasteiger charge is -1.92. The molecule has 0 aliphatic heterocycles.